The first kappa shape index (κ1) is 17.2. The number of rotatable bonds is 4. The van der Waals surface area contributed by atoms with Gasteiger partial charge in [0.05, 0.1) is 0 Å². The molecule has 0 unspecified atom stereocenters. The summed E-state index contributed by atoms with van der Waals surface area (Å²) in [5.74, 6) is 0.230. The van der Waals surface area contributed by atoms with Crippen molar-refractivity contribution in [3.05, 3.63) is 95.6 Å². The third-order valence-electron chi connectivity index (χ3n) is 5.93. The Labute approximate surface area is 165 Å². The smallest absolute Gasteiger partial charge is 0.164 e. The van der Waals surface area contributed by atoms with Crippen LogP contribution in [0.25, 0.3) is 21.5 Å². The molecule has 1 heterocycles. The first-order valence-corrected chi connectivity index (χ1v) is 10.0. The van der Waals surface area contributed by atoms with Gasteiger partial charge in [-0.05, 0) is 45.2 Å². The Bertz CT molecular complexity index is 1180. The van der Waals surface area contributed by atoms with Gasteiger partial charge in [0.1, 0.15) is 0 Å². The average Bonchev–Trinajstić information content (AvgIpc) is 2.77. The molecule has 28 heavy (non-hydrogen) atoms. The van der Waals surface area contributed by atoms with Crippen LogP contribution in [0.3, 0.4) is 0 Å². The molecule has 0 aromatic heterocycles. The van der Waals surface area contributed by atoms with Crippen LogP contribution in [-0.2, 0) is 13.0 Å². The Kier molecular flexibility index (Phi) is 4.42. The molecule has 0 radical (unpaired) electrons. The zero-order chi connectivity index (χ0) is 18.9. The van der Waals surface area contributed by atoms with E-state index in [1.807, 2.05) is 6.07 Å². The van der Waals surface area contributed by atoms with E-state index in [1.165, 1.54) is 27.3 Å². The molecule has 0 amide bonds. The van der Waals surface area contributed by atoms with E-state index >= 15 is 0 Å². The molecule has 4 aromatic carbocycles. The average molecular weight is 365 g/mol. The van der Waals surface area contributed by atoms with E-state index in [9.17, 15) is 4.79 Å². The lowest BCUT2D eigenvalue weighted by molar-refractivity contribution is 0.0961. The van der Waals surface area contributed by atoms with Gasteiger partial charge in [-0.1, -0.05) is 72.8 Å². The third-order valence-corrected chi connectivity index (χ3v) is 5.93. The largest absolute Gasteiger partial charge is 0.298 e. The molecular formula is C26H23NO. The maximum atomic E-state index is 12.9. The lowest BCUT2D eigenvalue weighted by atomic mass is 9.97. The standard InChI is InChI=1S/C26H23NO/c28-26(14-16-27-15-13-19-5-1-2-7-23(19)18-27)22-12-11-21-10-9-20-6-3-4-8-24(20)25(21)17-22/h1-12,17H,13-16,18H2. The van der Waals surface area contributed by atoms with Gasteiger partial charge in [-0.25, -0.2) is 0 Å². The summed E-state index contributed by atoms with van der Waals surface area (Å²) in [5, 5.41) is 4.77. The highest BCUT2D eigenvalue weighted by molar-refractivity contribution is 6.10. The number of nitrogens with zero attached hydrogens (tertiary/aromatic N) is 1. The van der Waals surface area contributed by atoms with Crippen molar-refractivity contribution in [2.45, 2.75) is 19.4 Å². The topological polar surface area (TPSA) is 20.3 Å². The molecule has 0 spiro atoms. The molecule has 0 saturated heterocycles. The Morgan fingerprint density at radius 2 is 1.50 bits per heavy atom. The second kappa shape index (κ2) is 7.21. The van der Waals surface area contributed by atoms with Crippen LogP contribution in [-0.4, -0.2) is 23.8 Å². The Hall–Kier alpha value is -2.97. The van der Waals surface area contributed by atoms with Gasteiger partial charge in [-0.3, -0.25) is 9.69 Å². The van der Waals surface area contributed by atoms with Crippen molar-refractivity contribution >= 4 is 27.3 Å². The summed E-state index contributed by atoms with van der Waals surface area (Å²) < 4.78 is 0. The molecule has 2 nitrogen and oxygen atoms in total. The van der Waals surface area contributed by atoms with E-state index in [4.69, 9.17) is 0 Å². The van der Waals surface area contributed by atoms with Crippen molar-refractivity contribution in [1.82, 2.24) is 4.90 Å². The Balaban J connectivity index is 1.34. The summed E-state index contributed by atoms with van der Waals surface area (Å²) in [7, 11) is 0. The van der Waals surface area contributed by atoms with Gasteiger partial charge >= 0.3 is 0 Å². The van der Waals surface area contributed by atoms with E-state index in [0.29, 0.717) is 6.42 Å². The minimum atomic E-state index is 0.230. The highest BCUT2D eigenvalue weighted by atomic mass is 16.1. The molecule has 1 aliphatic rings. The summed E-state index contributed by atoms with van der Waals surface area (Å²) in [6, 6.07) is 27.4. The van der Waals surface area contributed by atoms with E-state index < -0.39 is 0 Å². The minimum absolute atomic E-state index is 0.230. The van der Waals surface area contributed by atoms with Gasteiger partial charge in [-0.15, -0.1) is 0 Å². The molecular weight excluding hydrogens is 342 g/mol. The SMILES string of the molecule is O=C(CCN1CCc2ccccc2C1)c1ccc2ccc3ccccc3c2c1. The van der Waals surface area contributed by atoms with Crippen LogP contribution in [0.15, 0.2) is 78.9 Å². The maximum absolute atomic E-state index is 12.9. The first-order chi connectivity index (χ1) is 13.8. The lowest BCUT2D eigenvalue weighted by Gasteiger charge is -2.28. The molecule has 2 heteroatoms. The van der Waals surface area contributed by atoms with E-state index in [-0.39, 0.29) is 5.78 Å². The van der Waals surface area contributed by atoms with Gasteiger partial charge in [0, 0.05) is 31.6 Å². The fraction of sp³-hybridized carbons (Fsp3) is 0.192. The molecule has 0 atom stereocenters. The molecule has 0 N–H and O–H groups in total. The number of fused-ring (bicyclic) bond motifs is 4. The summed E-state index contributed by atoms with van der Waals surface area (Å²) in [5.41, 5.74) is 3.67. The monoisotopic (exact) mass is 365 g/mol. The van der Waals surface area contributed by atoms with E-state index in [1.54, 1.807) is 0 Å². The normalized spacial score (nSPS) is 14.3. The summed E-state index contributed by atoms with van der Waals surface area (Å²) in [4.78, 5) is 15.3. The first-order valence-electron chi connectivity index (χ1n) is 10.0. The second-order valence-corrected chi connectivity index (χ2v) is 7.69. The van der Waals surface area contributed by atoms with Crippen LogP contribution in [0.4, 0.5) is 0 Å². The minimum Gasteiger partial charge on any atom is -0.298 e. The van der Waals surface area contributed by atoms with Crippen LogP contribution in [0.5, 0.6) is 0 Å². The Morgan fingerprint density at radius 3 is 2.39 bits per heavy atom. The zero-order valence-corrected chi connectivity index (χ0v) is 15.9. The summed E-state index contributed by atoms with van der Waals surface area (Å²) >= 11 is 0. The molecule has 5 rings (SSSR count). The molecule has 4 aromatic rings. The predicted octanol–water partition coefficient (Wildman–Crippen LogP) is 5.62. The fourth-order valence-electron chi connectivity index (χ4n) is 4.32. The van der Waals surface area contributed by atoms with Gasteiger partial charge < -0.3 is 0 Å². The van der Waals surface area contributed by atoms with Crippen molar-refractivity contribution in [3.8, 4) is 0 Å². The molecule has 138 valence electrons. The summed E-state index contributed by atoms with van der Waals surface area (Å²) in [6.45, 7) is 2.80. The number of carbonyl (C=O) groups excluding carboxylic acids is 1. The Morgan fingerprint density at radius 1 is 0.786 bits per heavy atom. The number of Topliss-reactive ketones (excluding diaryl/α,β-unsaturated/α-hetero) is 1. The number of ketones is 1. The number of hydrogen-bond donors (Lipinski definition) is 0. The van der Waals surface area contributed by atoms with Crippen molar-refractivity contribution in [2.75, 3.05) is 13.1 Å². The van der Waals surface area contributed by atoms with Crippen LogP contribution in [0, 0.1) is 0 Å². The quantitative estimate of drug-likeness (QED) is 0.345. The fourth-order valence-corrected chi connectivity index (χ4v) is 4.32. The van der Waals surface area contributed by atoms with Crippen molar-refractivity contribution in [2.24, 2.45) is 0 Å². The third kappa shape index (κ3) is 3.21. The van der Waals surface area contributed by atoms with Crippen molar-refractivity contribution in [3.63, 3.8) is 0 Å². The summed E-state index contributed by atoms with van der Waals surface area (Å²) in [6.07, 6.45) is 1.64. The highest BCUT2D eigenvalue weighted by Gasteiger charge is 2.17. The number of benzene rings is 4. The molecule has 1 aliphatic heterocycles. The molecule has 0 aliphatic carbocycles. The molecule has 0 bridgehead atoms. The van der Waals surface area contributed by atoms with Gasteiger partial charge in [0.15, 0.2) is 5.78 Å². The van der Waals surface area contributed by atoms with Gasteiger partial charge in [0.25, 0.3) is 0 Å². The van der Waals surface area contributed by atoms with Crippen LogP contribution in [0.1, 0.15) is 27.9 Å². The second-order valence-electron chi connectivity index (χ2n) is 7.69. The lowest BCUT2D eigenvalue weighted by Crippen LogP contribution is -2.32. The molecule has 0 fully saturated rings. The number of carbonyl (C=O) groups is 1. The van der Waals surface area contributed by atoms with Crippen molar-refractivity contribution < 1.29 is 4.79 Å². The predicted molar refractivity (Wildman–Crippen MR) is 116 cm³/mol. The van der Waals surface area contributed by atoms with Crippen LogP contribution in [0.2, 0.25) is 0 Å². The van der Waals surface area contributed by atoms with Gasteiger partial charge in [-0.2, -0.15) is 0 Å². The van der Waals surface area contributed by atoms with Crippen LogP contribution < -0.4 is 0 Å². The number of hydrogen-bond acceptors (Lipinski definition) is 2. The highest BCUT2D eigenvalue weighted by Crippen LogP contribution is 2.27. The van der Waals surface area contributed by atoms with Gasteiger partial charge in [0.2, 0.25) is 0 Å². The van der Waals surface area contributed by atoms with E-state index in [2.05, 4.69) is 77.7 Å². The van der Waals surface area contributed by atoms with Crippen LogP contribution >= 0.6 is 0 Å². The zero-order valence-electron chi connectivity index (χ0n) is 15.9. The van der Waals surface area contributed by atoms with Crippen molar-refractivity contribution in [1.29, 1.82) is 0 Å². The van der Waals surface area contributed by atoms with E-state index in [0.717, 1.165) is 37.0 Å². The maximum Gasteiger partial charge on any atom is 0.164 e. The molecule has 0 saturated carbocycles.